The molecule has 0 aromatic heterocycles. The highest BCUT2D eigenvalue weighted by atomic mass is 16.5. The van der Waals surface area contributed by atoms with Gasteiger partial charge >= 0.3 is 0 Å². The van der Waals surface area contributed by atoms with E-state index in [9.17, 15) is 4.79 Å². The molecule has 0 bridgehead atoms. The molecular formula is C16H23NO3. The molecule has 1 fully saturated rings. The molecule has 1 N–H and O–H groups in total. The Morgan fingerprint density at radius 1 is 1.35 bits per heavy atom. The average molecular weight is 277 g/mol. The van der Waals surface area contributed by atoms with Crippen molar-refractivity contribution < 1.29 is 14.3 Å². The Morgan fingerprint density at radius 3 is 2.75 bits per heavy atom. The molecule has 0 unspecified atom stereocenters. The number of rotatable bonds is 6. The zero-order valence-electron chi connectivity index (χ0n) is 12.3. The van der Waals surface area contributed by atoms with Crippen LogP contribution in [-0.4, -0.2) is 31.8 Å². The topological polar surface area (TPSA) is 47.6 Å². The molecule has 1 heterocycles. The SMILES string of the molecule is Cc1cc(C)cc(OCCC(=O)NC[C@@H]2CCCO2)c1. The molecule has 1 aromatic rings. The van der Waals surface area contributed by atoms with Gasteiger partial charge in [-0.05, 0) is 49.9 Å². The number of aryl methyl sites for hydroxylation is 2. The highest BCUT2D eigenvalue weighted by molar-refractivity contribution is 5.76. The van der Waals surface area contributed by atoms with E-state index in [0.29, 0.717) is 19.6 Å². The van der Waals surface area contributed by atoms with Gasteiger partial charge in [-0.15, -0.1) is 0 Å². The van der Waals surface area contributed by atoms with Gasteiger partial charge in [0.2, 0.25) is 5.91 Å². The van der Waals surface area contributed by atoms with Gasteiger partial charge in [0, 0.05) is 13.2 Å². The van der Waals surface area contributed by atoms with Crippen molar-refractivity contribution in [1.29, 1.82) is 0 Å². The molecule has 1 atom stereocenters. The minimum Gasteiger partial charge on any atom is -0.493 e. The van der Waals surface area contributed by atoms with Crippen molar-refractivity contribution in [3.8, 4) is 5.75 Å². The van der Waals surface area contributed by atoms with Gasteiger partial charge in [0.25, 0.3) is 0 Å². The number of carbonyl (C=O) groups excluding carboxylic acids is 1. The Labute approximate surface area is 120 Å². The summed E-state index contributed by atoms with van der Waals surface area (Å²) in [5, 5.41) is 2.89. The fourth-order valence-corrected chi connectivity index (χ4v) is 2.40. The molecule has 1 aromatic carbocycles. The Hall–Kier alpha value is -1.55. The molecule has 0 aliphatic carbocycles. The lowest BCUT2D eigenvalue weighted by molar-refractivity contribution is -0.122. The van der Waals surface area contributed by atoms with Crippen LogP contribution in [0.1, 0.15) is 30.4 Å². The molecule has 0 radical (unpaired) electrons. The fraction of sp³-hybridized carbons (Fsp3) is 0.562. The number of nitrogens with one attached hydrogen (secondary N) is 1. The maximum absolute atomic E-state index is 11.7. The molecule has 20 heavy (non-hydrogen) atoms. The second-order valence-corrected chi connectivity index (χ2v) is 5.36. The van der Waals surface area contributed by atoms with Crippen LogP contribution >= 0.6 is 0 Å². The molecule has 1 aliphatic rings. The third-order valence-corrected chi connectivity index (χ3v) is 3.34. The van der Waals surface area contributed by atoms with E-state index in [1.54, 1.807) is 0 Å². The lowest BCUT2D eigenvalue weighted by Gasteiger charge is -2.11. The summed E-state index contributed by atoms with van der Waals surface area (Å²) in [7, 11) is 0. The van der Waals surface area contributed by atoms with Crippen LogP contribution in [0, 0.1) is 13.8 Å². The first kappa shape index (κ1) is 14.9. The third kappa shape index (κ3) is 4.85. The van der Waals surface area contributed by atoms with E-state index in [-0.39, 0.29) is 12.0 Å². The zero-order chi connectivity index (χ0) is 14.4. The minimum atomic E-state index is 0.0184. The van der Waals surface area contributed by atoms with Gasteiger partial charge in [-0.25, -0.2) is 0 Å². The van der Waals surface area contributed by atoms with E-state index in [1.165, 1.54) is 11.1 Å². The zero-order valence-corrected chi connectivity index (χ0v) is 12.3. The molecule has 2 rings (SSSR count). The summed E-state index contributed by atoms with van der Waals surface area (Å²) in [6.45, 7) is 5.90. The number of ether oxygens (including phenoxy) is 2. The summed E-state index contributed by atoms with van der Waals surface area (Å²) in [6.07, 6.45) is 2.70. The van der Waals surface area contributed by atoms with Crippen LogP contribution in [0.2, 0.25) is 0 Å². The van der Waals surface area contributed by atoms with E-state index in [4.69, 9.17) is 9.47 Å². The Kier molecular flexibility index (Phi) is 5.41. The number of benzene rings is 1. The monoisotopic (exact) mass is 277 g/mol. The van der Waals surface area contributed by atoms with Crippen LogP contribution in [0.3, 0.4) is 0 Å². The number of hydrogen-bond acceptors (Lipinski definition) is 3. The molecule has 1 aliphatic heterocycles. The van der Waals surface area contributed by atoms with Crippen molar-refractivity contribution in [2.45, 2.75) is 39.2 Å². The van der Waals surface area contributed by atoms with Crippen molar-refractivity contribution in [2.24, 2.45) is 0 Å². The summed E-state index contributed by atoms with van der Waals surface area (Å²) in [6, 6.07) is 6.07. The predicted octanol–water partition coefficient (Wildman–Crippen LogP) is 2.37. The normalized spacial score (nSPS) is 18.0. The summed E-state index contributed by atoms with van der Waals surface area (Å²) >= 11 is 0. The lowest BCUT2D eigenvalue weighted by atomic mass is 10.1. The molecule has 110 valence electrons. The molecule has 4 heteroatoms. The van der Waals surface area contributed by atoms with E-state index < -0.39 is 0 Å². The van der Waals surface area contributed by atoms with Crippen LogP contribution in [0.15, 0.2) is 18.2 Å². The highest BCUT2D eigenvalue weighted by Gasteiger charge is 2.15. The molecule has 0 spiro atoms. The predicted molar refractivity (Wildman–Crippen MR) is 78.0 cm³/mol. The van der Waals surface area contributed by atoms with Gasteiger partial charge in [-0.2, -0.15) is 0 Å². The first-order valence-corrected chi connectivity index (χ1v) is 7.23. The van der Waals surface area contributed by atoms with Crippen molar-refractivity contribution in [2.75, 3.05) is 19.8 Å². The van der Waals surface area contributed by atoms with Crippen LogP contribution < -0.4 is 10.1 Å². The summed E-state index contributed by atoms with van der Waals surface area (Å²) in [5.74, 6) is 0.847. The Morgan fingerprint density at radius 2 is 2.10 bits per heavy atom. The van der Waals surface area contributed by atoms with E-state index >= 15 is 0 Å². The molecule has 4 nitrogen and oxygen atoms in total. The van der Waals surface area contributed by atoms with Crippen LogP contribution in [0.25, 0.3) is 0 Å². The maximum atomic E-state index is 11.7. The number of amides is 1. The van der Waals surface area contributed by atoms with Gasteiger partial charge in [0.15, 0.2) is 0 Å². The first-order chi connectivity index (χ1) is 9.63. The van der Waals surface area contributed by atoms with Crippen molar-refractivity contribution >= 4 is 5.91 Å². The Bertz CT molecular complexity index is 433. The third-order valence-electron chi connectivity index (χ3n) is 3.34. The van der Waals surface area contributed by atoms with E-state index in [0.717, 1.165) is 25.2 Å². The van der Waals surface area contributed by atoms with Gasteiger partial charge in [0.05, 0.1) is 19.1 Å². The van der Waals surface area contributed by atoms with E-state index in [1.807, 2.05) is 26.0 Å². The summed E-state index contributed by atoms with van der Waals surface area (Å²) < 4.78 is 11.1. The summed E-state index contributed by atoms with van der Waals surface area (Å²) in [4.78, 5) is 11.7. The standard InChI is InChI=1S/C16H23NO3/c1-12-8-13(2)10-15(9-12)20-7-5-16(18)17-11-14-4-3-6-19-14/h8-10,14H,3-7,11H2,1-2H3,(H,17,18)/t14-/m0/s1. The Balaban J connectivity index is 1.65. The molecule has 1 amide bonds. The van der Waals surface area contributed by atoms with E-state index in [2.05, 4.69) is 11.4 Å². The fourth-order valence-electron chi connectivity index (χ4n) is 2.40. The van der Waals surface area contributed by atoms with Gasteiger partial charge in [-0.3, -0.25) is 4.79 Å². The van der Waals surface area contributed by atoms with Crippen LogP contribution in [0.4, 0.5) is 0 Å². The molecule has 0 saturated carbocycles. The van der Waals surface area contributed by atoms with Crippen molar-refractivity contribution in [3.05, 3.63) is 29.3 Å². The van der Waals surface area contributed by atoms with Crippen LogP contribution in [-0.2, 0) is 9.53 Å². The first-order valence-electron chi connectivity index (χ1n) is 7.23. The average Bonchev–Trinajstić information content (AvgIpc) is 2.88. The quantitative estimate of drug-likeness (QED) is 0.868. The highest BCUT2D eigenvalue weighted by Crippen LogP contribution is 2.16. The lowest BCUT2D eigenvalue weighted by Crippen LogP contribution is -2.32. The van der Waals surface area contributed by atoms with Crippen molar-refractivity contribution in [1.82, 2.24) is 5.32 Å². The minimum absolute atomic E-state index is 0.0184. The van der Waals surface area contributed by atoms with Gasteiger partial charge < -0.3 is 14.8 Å². The van der Waals surface area contributed by atoms with Gasteiger partial charge in [-0.1, -0.05) is 6.07 Å². The second kappa shape index (κ2) is 7.29. The smallest absolute Gasteiger partial charge is 0.223 e. The maximum Gasteiger partial charge on any atom is 0.223 e. The number of hydrogen-bond donors (Lipinski definition) is 1. The van der Waals surface area contributed by atoms with Gasteiger partial charge in [0.1, 0.15) is 5.75 Å². The second-order valence-electron chi connectivity index (χ2n) is 5.36. The van der Waals surface area contributed by atoms with Crippen molar-refractivity contribution in [3.63, 3.8) is 0 Å². The molecule has 1 saturated heterocycles. The summed E-state index contributed by atoms with van der Waals surface area (Å²) in [5.41, 5.74) is 2.34. The number of carbonyl (C=O) groups is 1. The largest absolute Gasteiger partial charge is 0.493 e. The van der Waals surface area contributed by atoms with Crippen LogP contribution in [0.5, 0.6) is 5.75 Å². The molecular weight excluding hydrogens is 254 g/mol.